The molecule has 1 atom stereocenters. The van der Waals surface area contributed by atoms with E-state index in [-0.39, 0.29) is 5.91 Å². The van der Waals surface area contributed by atoms with E-state index in [1.54, 1.807) is 0 Å². The van der Waals surface area contributed by atoms with Crippen molar-refractivity contribution in [3.05, 3.63) is 35.4 Å². The van der Waals surface area contributed by atoms with E-state index in [1.807, 2.05) is 11.9 Å². The molecule has 2 aliphatic heterocycles. The molecule has 0 saturated carbocycles. The highest BCUT2D eigenvalue weighted by molar-refractivity contribution is 5.78. The van der Waals surface area contributed by atoms with Crippen LogP contribution in [0.3, 0.4) is 0 Å². The Bertz CT molecular complexity index is 503. The lowest BCUT2D eigenvalue weighted by molar-refractivity contribution is -0.133. The molecule has 4 heteroatoms. The summed E-state index contributed by atoms with van der Waals surface area (Å²) in [5.74, 6) is 0.986. The molecule has 1 unspecified atom stereocenters. The quantitative estimate of drug-likeness (QED) is 0.901. The molecule has 0 aliphatic carbocycles. The molecule has 1 aromatic carbocycles. The third-order valence-electron chi connectivity index (χ3n) is 4.70. The van der Waals surface area contributed by atoms with E-state index >= 15 is 0 Å². The van der Waals surface area contributed by atoms with Crippen LogP contribution >= 0.6 is 0 Å². The Kier molecular flexibility index (Phi) is 4.56. The molecule has 1 aromatic rings. The summed E-state index contributed by atoms with van der Waals surface area (Å²) in [5, 5.41) is 3.24. The van der Waals surface area contributed by atoms with Crippen molar-refractivity contribution in [2.75, 3.05) is 39.8 Å². The van der Waals surface area contributed by atoms with Gasteiger partial charge in [0.2, 0.25) is 5.91 Å². The highest BCUT2D eigenvalue weighted by Crippen LogP contribution is 2.20. The summed E-state index contributed by atoms with van der Waals surface area (Å²) in [6.07, 6.45) is 2.20. The first-order valence-electron chi connectivity index (χ1n) is 7.98. The van der Waals surface area contributed by atoms with E-state index in [2.05, 4.69) is 34.5 Å². The van der Waals surface area contributed by atoms with Gasteiger partial charge in [-0.1, -0.05) is 24.3 Å². The molecule has 2 heterocycles. The summed E-state index contributed by atoms with van der Waals surface area (Å²) in [6, 6.07) is 8.48. The van der Waals surface area contributed by atoms with Crippen LogP contribution in [0.25, 0.3) is 0 Å². The first kappa shape index (κ1) is 14.5. The number of carbonyl (C=O) groups is 1. The molecule has 0 radical (unpaired) electrons. The molecule has 0 aromatic heterocycles. The smallest absolute Gasteiger partial charge is 0.237 e. The standard InChI is InChI=1S/C17H25N3O/c1-18-10-14-6-8-19(11-14)13-17(21)20-9-7-15-4-2-3-5-16(15)12-20/h2-5,14,18H,6-13H2,1H3. The number of fused-ring (bicyclic) bond motifs is 1. The Morgan fingerprint density at radius 2 is 2.10 bits per heavy atom. The molecule has 0 spiro atoms. The van der Waals surface area contributed by atoms with Crippen LogP contribution in [0.1, 0.15) is 17.5 Å². The molecule has 2 aliphatic rings. The zero-order valence-corrected chi connectivity index (χ0v) is 12.8. The van der Waals surface area contributed by atoms with Crippen molar-refractivity contribution >= 4 is 5.91 Å². The van der Waals surface area contributed by atoms with Crippen LogP contribution < -0.4 is 5.32 Å². The maximum Gasteiger partial charge on any atom is 0.237 e. The molecule has 1 saturated heterocycles. The summed E-state index contributed by atoms with van der Waals surface area (Å²) in [5.41, 5.74) is 2.71. The number of nitrogens with one attached hydrogen (secondary N) is 1. The van der Waals surface area contributed by atoms with Gasteiger partial charge in [0.25, 0.3) is 0 Å². The fraction of sp³-hybridized carbons (Fsp3) is 0.588. The van der Waals surface area contributed by atoms with Gasteiger partial charge >= 0.3 is 0 Å². The lowest BCUT2D eigenvalue weighted by atomic mass is 10.00. The number of nitrogens with zero attached hydrogens (tertiary/aromatic N) is 2. The second-order valence-electron chi connectivity index (χ2n) is 6.28. The van der Waals surface area contributed by atoms with Gasteiger partial charge in [-0.05, 0) is 50.0 Å². The fourth-order valence-electron chi connectivity index (χ4n) is 3.51. The number of rotatable bonds is 4. The van der Waals surface area contributed by atoms with Gasteiger partial charge in [0.1, 0.15) is 0 Å². The average molecular weight is 287 g/mol. The Morgan fingerprint density at radius 3 is 2.90 bits per heavy atom. The Morgan fingerprint density at radius 1 is 1.29 bits per heavy atom. The van der Waals surface area contributed by atoms with Gasteiger partial charge in [-0.15, -0.1) is 0 Å². The normalized spacial score (nSPS) is 22.3. The van der Waals surface area contributed by atoms with Gasteiger partial charge < -0.3 is 10.2 Å². The van der Waals surface area contributed by atoms with E-state index < -0.39 is 0 Å². The largest absolute Gasteiger partial charge is 0.337 e. The predicted octanol–water partition coefficient (Wildman–Crippen LogP) is 1.11. The first-order chi connectivity index (χ1) is 10.3. The van der Waals surface area contributed by atoms with Crippen molar-refractivity contribution < 1.29 is 4.79 Å². The maximum atomic E-state index is 12.5. The fourth-order valence-corrected chi connectivity index (χ4v) is 3.51. The summed E-state index contributed by atoms with van der Waals surface area (Å²) in [6.45, 7) is 5.40. The van der Waals surface area contributed by atoms with E-state index in [9.17, 15) is 4.79 Å². The number of carbonyl (C=O) groups excluding carboxylic acids is 1. The zero-order chi connectivity index (χ0) is 14.7. The number of hydrogen-bond acceptors (Lipinski definition) is 3. The highest BCUT2D eigenvalue weighted by Gasteiger charge is 2.26. The van der Waals surface area contributed by atoms with Crippen molar-refractivity contribution in [1.29, 1.82) is 0 Å². The molecule has 3 rings (SSSR count). The van der Waals surface area contributed by atoms with Crippen molar-refractivity contribution in [3.63, 3.8) is 0 Å². The van der Waals surface area contributed by atoms with Crippen LogP contribution in [0.2, 0.25) is 0 Å². The molecule has 1 N–H and O–H groups in total. The second-order valence-corrected chi connectivity index (χ2v) is 6.28. The molecular weight excluding hydrogens is 262 g/mol. The Labute approximate surface area is 127 Å². The lowest BCUT2D eigenvalue weighted by Gasteiger charge is -2.30. The number of hydrogen-bond donors (Lipinski definition) is 1. The second kappa shape index (κ2) is 6.58. The van der Waals surface area contributed by atoms with Gasteiger partial charge in [-0.25, -0.2) is 0 Å². The van der Waals surface area contributed by atoms with Crippen LogP contribution in [0.4, 0.5) is 0 Å². The number of benzene rings is 1. The van der Waals surface area contributed by atoms with Crippen LogP contribution in [0.15, 0.2) is 24.3 Å². The van der Waals surface area contributed by atoms with Crippen LogP contribution in [0.5, 0.6) is 0 Å². The monoisotopic (exact) mass is 287 g/mol. The average Bonchev–Trinajstić information content (AvgIpc) is 2.94. The van der Waals surface area contributed by atoms with E-state index in [0.717, 1.165) is 39.1 Å². The SMILES string of the molecule is CNCC1CCN(CC(=O)N2CCc3ccccc3C2)C1. The number of amides is 1. The van der Waals surface area contributed by atoms with Crippen LogP contribution in [-0.2, 0) is 17.8 Å². The van der Waals surface area contributed by atoms with Crippen molar-refractivity contribution in [2.24, 2.45) is 5.92 Å². The van der Waals surface area contributed by atoms with Crippen molar-refractivity contribution in [1.82, 2.24) is 15.1 Å². The Hall–Kier alpha value is -1.39. The van der Waals surface area contributed by atoms with Gasteiger partial charge in [-0.3, -0.25) is 9.69 Å². The summed E-state index contributed by atoms with van der Waals surface area (Å²) >= 11 is 0. The molecule has 4 nitrogen and oxygen atoms in total. The predicted molar refractivity (Wildman–Crippen MR) is 84.0 cm³/mol. The zero-order valence-electron chi connectivity index (χ0n) is 12.8. The maximum absolute atomic E-state index is 12.5. The molecule has 0 bridgehead atoms. The van der Waals surface area contributed by atoms with Crippen molar-refractivity contribution in [3.8, 4) is 0 Å². The molecule has 114 valence electrons. The number of likely N-dealkylation sites (tertiary alicyclic amines) is 1. The highest BCUT2D eigenvalue weighted by atomic mass is 16.2. The molecule has 21 heavy (non-hydrogen) atoms. The van der Waals surface area contributed by atoms with E-state index in [4.69, 9.17) is 0 Å². The van der Waals surface area contributed by atoms with E-state index in [0.29, 0.717) is 12.5 Å². The summed E-state index contributed by atoms with van der Waals surface area (Å²) < 4.78 is 0. The molecule has 1 amide bonds. The lowest BCUT2D eigenvalue weighted by Crippen LogP contribution is -2.42. The van der Waals surface area contributed by atoms with Gasteiger partial charge in [0.15, 0.2) is 0 Å². The van der Waals surface area contributed by atoms with Gasteiger partial charge in [0.05, 0.1) is 6.54 Å². The third kappa shape index (κ3) is 3.44. The topological polar surface area (TPSA) is 35.6 Å². The minimum absolute atomic E-state index is 0.287. The van der Waals surface area contributed by atoms with Gasteiger partial charge in [0, 0.05) is 19.6 Å². The van der Waals surface area contributed by atoms with Crippen LogP contribution in [-0.4, -0.2) is 55.5 Å². The third-order valence-corrected chi connectivity index (χ3v) is 4.70. The Balaban J connectivity index is 1.53. The molecule has 1 fully saturated rings. The van der Waals surface area contributed by atoms with E-state index in [1.165, 1.54) is 17.5 Å². The minimum Gasteiger partial charge on any atom is -0.337 e. The molecular formula is C17H25N3O. The van der Waals surface area contributed by atoms with Crippen LogP contribution in [0, 0.1) is 5.92 Å². The first-order valence-corrected chi connectivity index (χ1v) is 7.98. The summed E-state index contributed by atoms with van der Waals surface area (Å²) in [4.78, 5) is 16.8. The minimum atomic E-state index is 0.287. The van der Waals surface area contributed by atoms with Gasteiger partial charge in [-0.2, -0.15) is 0 Å². The summed E-state index contributed by atoms with van der Waals surface area (Å²) in [7, 11) is 2.00. The van der Waals surface area contributed by atoms with Crippen molar-refractivity contribution in [2.45, 2.75) is 19.4 Å².